The lowest BCUT2D eigenvalue weighted by atomic mass is 9.87. The molecule has 126 valence electrons. The summed E-state index contributed by atoms with van der Waals surface area (Å²) in [6.07, 6.45) is 4.10. The van der Waals surface area contributed by atoms with Crippen LogP contribution in [0.2, 0.25) is 5.02 Å². The van der Waals surface area contributed by atoms with Gasteiger partial charge in [-0.3, -0.25) is 10.1 Å². The third-order valence-corrected chi connectivity index (χ3v) is 5.20. The minimum absolute atomic E-state index is 0.0416. The molecule has 1 saturated carbocycles. The van der Waals surface area contributed by atoms with E-state index in [1.165, 1.54) is 18.9 Å². The Bertz CT molecular complexity index is 584. The number of nitrogens with zero attached hydrogens (tertiary/aromatic N) is 2. The Morgan fingerprint density at radius 3 is 2.65 bits per heavy atom. The van der Waals surface area contributed by atoms with Crippen molar-refractivity contribution in [1.29, 1.82) is 0 Å². The molecular formula is C16H22ClN3O3. The Hall–Kier alpha value is -1.37. The zero-order valence-electron chi connectivity index (χ0n) is 13.0. The smallest absolute Gasteiger partial charge is 0.294 e. The molecule has 0 aromatic heterocycles. The number of nitro groups is 1. The molecule has 23 heavy (non-hydrogen) atoms. The second-order valence-electron chi connectivity index (χ2n) is 6.64. The topological polar surface area (TPSA) is 78.6 Å². The standard InChI is InChI=1S/C16H22ClN3O3/c17-13-3-4-14(15(9-13)20(22)23)19-7-5-16(11-21,6-8-19)18-10-12-1-2-12/h3-4,9,12,18,21H,1-2,5-8,10-11H2. The third kappa shape index (κ3) is 3.76. The summed E-state index contributed by atoms with van der Waals surface area (Å²) in [4.78, 5) is 12.9. The van der Waals surface area contributed by atoms with Gasteiger partial charge in [-0.05, 0) is 50.3 Å². The van der Waals surface area contributed by atoms with Gasteiger partial charge in [0.2, 0.25) is 0 Å². The lowest BCUT2D eigenvalue weighted by Crippen LogP contribution is -2.56. The van der Waals surface area contributed by atoms with Gasteiger partial charge in [0.15, 0.2) is 0 Å². The lowest BCUT2D eigenvalue weighted by molar-refractivity contribution is -0.384. The van der Waals surface area contributed by atoms with Gasteiger partial charge in [0.1, 0.15) is 5.69 Å². The normalized spacial score (nSPS) is 20.5. The largest absolute Gasteiger partial charge is 0.394 e. The van der Waals surface area contributed by atoms with Crippen LogP contribution in [0.5, 0.6) is 0 Å². The van der Waals surface area contributed by atoms with E-state index in [0.29, 0.717) is 23.8 Å². The number of halogens is 1. The summed E-state index contributed by atoms with van der Waals surface area (Å²) in [7, 11) is 0. The zero-order valence-corrected chi connectivity index (χ0v) is 13.8. The van der Waals surface area contributed by atoms with Crippen LogP contribution >= 0.6 is 11.6 Å². The van der Waals surface area contributed by atoms with Crippen LogP contribution in [0.25, 0.3) is 0 Å². The van der Waals surface area contributed by atoms with Crippen molar-refractivity contribution in [3.05, 3.63) is 33.3 Å². The van der Waals surface area contributed by atoms with Crippen molar-refractivity contribution < 1.29 is 10.0 Å². The predicted molar refractivity (Wildman–Crippen MR) is 90.1 cm³/mol. The molecule has 1 saturated heterocycles. The molecule has 2 fully saturated rings. The molecule has 0 amide bonds. The van der Waals surface area contributed by atoms with Crippen molar-refractivity contribution in [2.24, 2.45) is 5.92 Å². The van der Waals surface area contributed by atoms with Crippen LogP contribution in [0.4, 0.5) is 11.4 Å². The van der Waals surface area contributed by atoms with E-state index in [1.54, 1.807) is 12.1 Å². The summed E-state index contributed by atoms with van der Waals surface area (Å²) in [5.41, 5.74) is 0.397. The molecule has 0 radical (unpaired) electrons. The molecule has 2 N–H and O–H groups in total. The van der Waals surface area contributed by atoms with Crippen LogP contribution in [0, 0.1) is 16.0 Å². The van der Waals surface area contributed by atoms with E-state index in [1.807, 2.05) is 4.90 Å². The summed E-state index contributed by atoms with van der Waals surface area (Å²) in [5, 5.41) is 25.0. The highest BCUT2D eigenvalue weighted by Gasteiger charge is 2.36. The van der Waals surface area contributed by atoms with Crippen LogP contribution in [-0.2, 0) is 0 Å². The summed E-state index contributed by atoms with van der Waals surface area (Å²) in [6, 6.07) is 4.79. The highest BCUT2D eigenvalue weighted by molar-refractivity contribution is 6.30. The summed E-state index contributed by atoms with van der Waals surface area (Å²) < 4.78 is 0. The van der Waals surface area contributed by atoms with Crippen molar-refractivity contribution in [1.82, 2.24) is 5.32 Å². The van der Waals surface area contributed by atoms with Gasteiger partial charge in [-0.1, -0.05) is 11.6 Å². The van der Waals surface area contributed by atoms with E-state index >= 15 is 0 Å². The van der Waals surface area contributed by atoms with E-state index in [-0.39, 0.29) is 22.8 Å². The zero-order chi connectivity index (χ0) is 16.4. The fourth-order valence-corrected chi connectivity index (χ4v) is 3.33. The Kier molecular flexibility index (Phi) is 4.75. The van der Waals surface area contributed by atoms with Crippen molar-refractivity contribution >= 4 is 23.0 Å². The van der Waals surface area contributed by atoms with Gasteiger partial charge in [-0.15, -0.1) is 0 Å². The summed E-state index contributed by atoms with van der Waals surface area (Å²) in [5.74, 6) is 0.758. The van der Waals surface area contributed by atoms with Crippen LogP contribution in [0.1, 0.15) is 25.7 Å². The van der Waals surface area contributed by atoms with E-state index < -0.39 is 0 Å². The summed E-state index contributed by atoms with van der Waals surface area (Å²) in [6.45, 7) is 2.43. The van der Waals surface area contributed by atoms with Crippen molar-refractivity contribution in [3.8, 4) is 0 Å². The second kappa shape index (κ2) is 6.63. The van der Waals surface area contributed by atoms with Gasteiger partial charge in [-0.2, -0.15) is 0 Å². The average molecular weight is 340 g/mol. The number of nitro benzene ring substituents is 1. The van der Waals surface area contributed by atoms with Crippen molar-refractivity contribution in [2.75, 3.05) is 31.1 Å². The fourth-order valence-electron chi connectivity index (χ4n) is 3.16. The van der Waals surface area contributed by atoms with E-state index in [0.717, 1.165) is 25.3 Å². The Morgan fingerprint density at radius 1 is 1.39 bits per heavy atom. The van der Waals surface area contributed by atoms with Gasteiger partial charge in [-0.25, -0.2) is 0 Å². The molecule has 0 bridgehead atoms. The number of rotatable bonds is 6. The lowest BCUT2D eigenvalue weighted by Gasteiger charge is -2.42. The molecule has 6 nitrogen and oxygen atoms in total. The monoisotopic (exact) mass is 339 g/mol. The Labute approximate surface area is 140 Å². The van der Waals surface area contributed by atoms with Crippen molar-refractivity contribution in [3.63, 3.8) is 0 Å². The molecule has 1 aromatic carbocycles. The van der Waals surface area contributed by atoms with Crippen LogP contribution in [-0.4, -0.2) is 41.8 Å². The van der Waals surface area contributed by atoms with E-state index in [9.17, 15) is 15.2 Å². The molecule has 0 spiro atoms. The maximum Gasteiger partial charge on any atom is 0.294 e. The number of aliphatic hydroxyl groups is 1. The molecule has 1 aliphatic carbocycles. The molecule has 1 heterocycles. The minimum Gasteiger partial charge on any atom is -0.394 e. The molecule has 3 rings (SSSR count). The quantitative estimate of drug-likeness (QED) is 0.615. The Morgan fingerprint density at radius 2 is 2.09 bits per heavy atom. The third-order valence-electron chi connectivity index (χ3n) is 4.96. The molecule has 0 atom stereocenters. The number of hydrogen-bond acceptors (Lipinski definition) is 5. The number of benzene rings is 1. The number of hydrogen-bond donors (Lipinski definition) is 2. The first-order valence-electron chi connectivity index (χ1n) is 8.08. The van der Waals surface area contributed by atoms with E-state index in [2.05, 4.69) is 5.32 Å². The average Bonchev–Trinajstić information content (AvgIpc) is 3.38. The number of piperidine rings is 1. The molecule has 7 heteroatoms. The minimum atomic E-state index is -0.388. The second-order valence-corrected chi connectivity index (χ2v) is 7.08. The van der Waals surface area contributed by atoms with Gasteiger partial charge in [0.25, 0.3) is 5.69 Å². The van der Waals surface area contributed by atoms with Gasteiger partial charge in [0.05, 0.1) is 11.5 Å². The number of anilines is 1. The molecular weight excluding hydrogens is 318 g/mol. The van der Waals surface area contributed by atoms with Crippen LogP contribution in [0.15, 0.2) is 18.2 Å². The molecule has 1 aromatic rings. The summed E-state index contributed by atoms with van der Waals surface area (Å²) >= 11 is 5.88. The van der Waals surface area contributed by atoms with Crippen molar-refractivity contribution in [2.45, 2.75) is 31.2 Å². The Balaban J connectivity index is 1.69. The molecule has 2 aliphatic rings. The van der Waals surface area contributed by atoms with Gasteiger partial charge >= 0.3 is 0 Å². The molecule has 0 unspecified atom stereocenters. The first kappa shape index (κ1) is 16.5. The predicted octanol–water partition coefficient (Wildman–Crippen LogP) is 2.58. The maximum absolute atomic E-state index is 11.3. The van der Waals surface area contributed by atoms with Gasteiger partial charge < -0.3 is 15.3 Å². The SMILES string of the molecule is O=[N+]([O-])c1cc(Cl)ccc1N1CCC(CO)(NCC2CC2)CC1. The fraction of sp³-hybridized carbons (Fsp3) is 0.625. The maximum atomic E-state index is 11.3. The first-order chi connectivity index (χ1) is 11.0. The highest BCUT2D eigenvalue weighted by Crippen LogP contribution is 2.35. The van der Waals surface area contributed by atoms with E-state index in [4.69, 9.17) is 11.6 Å². The number of aliphatic hydroxyl groups excluding tert-OH is 1. The van der Waals surface area contributed by atoms with Gasteiger partial charge in [0, 0.05) is 29.7 Å². The first-order valence-corrected chi connectivity index (χ1v) is 8.45. The molecule has 1 aliphatic heterocycles. The van der Waals surface area contributed by atoms with Crippen LogP contribution in [0.3, 0.4) is 0 Å². The highest BCUT2D eigenvalue weighted by atomic mass is 35.5. The van der Waals surface area contributed by atoms with Crippen LogP contribution < -0.4 is 10.2 Å². The number of nitrogens with one attached hydrogen (secondary N) is 1.